The SMILES string of the molecule is CCCNC(=O)C(C)N1C2CCC1CC(CC(=O)O)C2. The van der Waals surface area contributed by atoms with Crippen LogP contribution in [0, 0.1) is 5.92 Å². The molecule has 0 aromatic heterocycles. The van der Waals surface area contributed by atoms with Crippen LogP contribution in [-0.4, -0.2) is 46.6 Å². The van der Waals surface area contributed by atoms with Gasteiger partial charge in [0.15, 0.2) is 0 Å². The lowest BCUT2D eigenvalue weighted by Crippen LogP contribution is -2.53. The molecule has 2 saturated heterocycles. The Hall–Kier alpha value is -1.10. The van der Waals surface area contributed by atoms with Crippen molar-refractivity contribution in [2.75, 3.05) is 6.54 Å². The molecule has 0 aromatic rings. The van der Waals surface area contributed by atoms with E-state index in [9.17, 15) is 9.59 Å². The maximum absolute atomic E-state index is 12.1. The number of nitrogens with one attached hydrogen (secondary N) is 1. The molecule has 0 aromatic carbocycles. The molecule has 3 atom stereocenters. The zero-order valence-corrected chi connectivity index (χ0v) is 12.5. The first-order chi connectivity index (χ1) is 9.52. The Morgan fingerprint density at radius 3 is 2.40 bits per heavy atom. The van der Waals surface area contributed by atoms with Crippen molar-refractivity contribution in [3.05, 3.63) is 0 Å². The second kappa shape index (κ2) is 6.57. The molecule has 0 spiro atoms. The molecular formula is C15H26N2O3. The number of piperidine rings is 1. The molecule has 5 nitrogen and oxygen atoms in total. The number of carbonyl (C=O) groups excluding carboxylic acids is 1. The summed E-state index contributed by atoms with van der Waals surface area (Å²) < 4.78 is 0. The van der Waals surface area contributed by atoms with Crippen molar-refractivity contribution in [2.45, 2.75) is 70.5 Å². The van der Waals surface area contributed by atoms with Crippen LogP contribution in [-0.2, 0) is 9.59 Å². The van der Waals surface area contributed by atoms with Crippen LogP contribution in [0.1, 0.15) is 52.4 Å². The highest BCUT2D eigenvalue weighted by molar-refractivity contribution is 5.81. The standard InChI is InChI=1S/C15H26N2O3/c1-3-6-16-15(20)10(2)17-12-4-5-13(17)8-11(7-12)9-14(18)19/h10-13H,3-9H2,1-2H3,(H,16,20)(H,18,19). The smallest absolute Gasteiger partial charge is 0.303 e. The largest absolute Gasteiger partial charge is 0.481 e. The summed E-state index contributed by atoms with van der Waals surface area (Å²) in [5, 5.41) is 11.9. The fourth-order valence-electron chi connectivity index (χ4n) is 3.90. The minimum atomic E-state index is -0.698. The quantitative estimate of drug-likeness (QED) is 0.776. The van der Waals surface area contributed by atoms with Gasteiger partial charge in [0, 0.05) is 25.0 Å². The normalized spacial score (nSPS) is 31.0. The lowest BCUT2D eigenvalue weighted by molar-refractivity contribution is -0.139. The monoisotopic (exact) mass is 282 g/mol. The molecule has 2 aliphatic rings. The number of carboxylic acid groups (broad SMARTS) is 1. The fraction of sp³-hybridized carbons (Fsp3) is 0.867. The van der Waals surface area contributed by atoms with Crippen molar-refractivity contribution in [3.63, 3.8) is 0 Å². The topological polar surface area (TPSA) is 69.6 Å². The van der Waals surface area contributed by atoms with Crippen LogP contribution in [0.5, 0.6) is 0 Å². The lowest BCUT2D eigenvalue weighted by Gasteiger charge is -2.41. The van der Waals surface area contributed by atoms with Crippen molar-refractivity contribution in [3.8, 4) is 0 Å². The molecule has 0 aliphatic carbocycles. The van der Waals surface area contributed by atoms with E-state index in [1.165, 1.54) is 0 Å². The highest BCUT2D eigenvalue weighted by Crippen LogP contribution is 2.41. The predicted octanol–water partition coefficient (Wildman–Crippen LogP) is 1.62. The number of carbonyl (C=O) groups is 2. The minimum absolute atomic E-state index is 0.0928. The average molecular weight is 282 g/mol. The van der Waals surface area contributed by atoms with Gasteiger partial charge in [-0.1, -0.05) is 6.92 Å². The molecule has 2 N–H and O–H groups in total. The molecule has 2 fully saturated rings. The van der Waals surface area contributed by atoms with Crippen LogP contribution in [0.4, 0.5) is 0 Å². The summed E-state index contributed by atoms with van der Waals surface area (Å²) in [5.74, 6) is -0.302. The highest BCUT2D eigenvalue weighted by Gasteiger charge is 2.44. The van der Waals surface area contributed by atoms with Crippen LogP contribution >= 0.6 is 0 Å². The van der Waals surface area contributed by atoms with Gasteiger partial charge >= 0.3 is 5.97 Å². The first kappa shape index (κ1) is 15.3. The van der Waals surface area contributed by atoms with Gasteiger partial charge in [-0.2, -0.15) is 0 Å². The van der Waals surface area contributed by atoms with E-state index in [0.717, 1.165) is 38.6 Å². The average Bonchev–Trinajstić information content (AvgIpc) is 2.66. The summed E-state index contributed by atoms with van der Waals surface area (Å²) in [4.78, 5) is 25.3. The summed E-state index contributed by atoms with van der Waals surface area (Å²) in [7, 11) is 0. The summed E-state index contributed by atoms with van der Waals surface area (Å²) in [5.41, 5.74) is 0. The van der Waals surface area contributed by atoms with Crippen LogP contribution in [0.3, 0.4) is 0 Å². The van der Waals surface area contributed by atoms with Crippen LogP contribution in [0.25, 0.3) is 0 Å². The van der Waals surface area contributed by atoms with E-state index in [1.807, 2.05) is 13.8 Å². The van der Waals surface area contributed by atoms with Gasteiger partial charge in [-0.3, -0.25) is 14.5 Å². The van der Waals surface area contributed by atoms with Crippen molar-refractivity contribution in [2.24, 2.45) is 5.92 Å². The lowest BCUT2D eigenvalue weighted by atomic mass is 9.87. The van der Waals surface area contributed by atoms with Gasteiger partial charge in [0.25, 0.3) is 0 Å². The van der Waals surface area contributed by atoms with Crippen molar-refractivity contribution in [1.82, 2.24) is 10.2 Å². The van der Waals surface area contributed by atoms with Crippen LogP contribution in [0.15, 0.2) is 0 Å². The Balaban J connectivity index is 1.94. The Kier molecular flexibility index (Phi) is 5.02. The van der Waals surface area contributed by atoms with Gasteiger partial charge in [0.1, 0.15) is 0 Å². The second-order valence-corrected chi connectivity index (χ2v) is 6.23. The third-order valence-corrected chi connectivity index (χ3v) is 4.73. The molecule has 0 radical (unpaired) electrons. The Morgan fingerprint density at radius 2 is 1.90 bits per heavy atom. The van der Waals surface area contributed by atoms with Gasteiger partial charge < -0.3 is 10.4 Å². The van der Waals surface area contributed by atoms with E-state index in [-0.39, 0.29) is 24.3 Å². The summed E-state index contributed by atoms with van der Waals surface area (Å²) in [6.07, 6.45) is 5.28. The van der Waals surface area contributed by atoms with E-state index >= 15 is 0 Å². The molecular weight excluding hydrogens is 256 g/mol. The molecule has 3 unspecified atom stereocenters. The number of hydrogen-bond acceptors (Lipinski definition) is 3. The Morgan fingerprint density at radius 1 is 1.30 bits per heavy atom. The third-order valence-electron chi connectivity index (χ3n) is 4.73. The second-order valence-electron chi connectivity index (χ2n) is 6.23. The molecule has 114 valence electrons. The molecule has 0 saturated carbocycles. The summed E-state index contributed by atoms with van der Waals surface area (Å²) in [6.45, 7) is 4.76. The molecule has 1 amide bonds. The molecule has 20 heavy (non-hydrogen) atoms. The van der Waals surface area contributed by atoms with E-state index in [0.29, 0.717) is 12.1 Å². The van der Waals surface area contributed by atoms with Gasteiger partial charge in [0.05, 0.1) is 6.04 Å². The molecule has 2 rings (SSSR count). The van der Waals surface area contributed by atoms with Gasteiger partial charge in [-0.05, 0) is 44.9 Å². The number of nitrogens with zero attached hydrogens (tertiary/aromatic N) is 1. The molecule has 2 aliphatic heterocycles. The van der Waals surface area contributed by atoms with E-state index in [4.69, 9.17) is 5.11 Å². The zero-order valence-electron chi connectivity index (χ0n) is 12.5. The molecule has 2 bridgehead atoms. The summed E-state index contributed by atoms with van der Waals surface area (Å²) in [6, 6.07) is 0.686. The third kappa shape index (κ3) is 3.32. The number of rotatable bonds is 6. The number of fused-ring (bicyclic) bond motifs is 2. The van der Waals surface area contributed by atoms with Crippen molar-refractivity contribution in [1.29, 1.82) is 0 Å². The number of carboxylic acids is 1. The highest BCUT2D eigenvalue weighted by atomic mass is 16.4. The minimum Gasteiger partial charge on any atom is -0.481 e. The summed E-state index contributed by atoms with van der Waals surface area (Å²) >= 11 is 0. The van der Waals surface area contributed by atoms with E-state index in [2.05, 4.69) is 10.2 Å². The van der Waals surface area contributed by atoms with Gasteiger partial charge in [-0.25, -0.2) is 0 Å². The molecule has 5 heteroatoms. The maximum atomic E-state index is 12.1. The van der Waals surface area contributed by atoms with Crippen molar-refractivity contribution < 1.29 is 14.7 Å². The van der Waals surface area contributed by atoms with Crippen LogP contribution < -0.4 is 5.32 Å². The maximum Gasteiger partial charge on any atom is 0.303 e. The number of hydrogen-bond donors (Lipinski definition) is 2. The Labute approximate surface area is 120 Å². The predicted molar refractivity (Wildman–Crippen MR) is 76.4 cm³/mol. The van der Waals surface area contributed by atoms with Crippen LogP contribution in [0.2, 0.25) is 0 Å². The van der Waals surface area contributed by atoms with Gasteiger partial charge in [0.2, 0.25) is 5.91 Å². The first-order valence-corrected chi connectivity index (χ1v) is 7.79. The van der Waals surface area contributed by atoms with Crippen molar-refractivity contribution >= 4 is 11.9 Å². The Bertz CT molecular complexity index is 358. The fourth-order valence-corrected chi connectivity index (χ4v) is 3.90. The number of amides is 1. The first-order valence-electron chi connectivity index (χ1n) is 7.79. The van der Waals surface area contributed by atoms with E-state index < -0.39 is 5.97 Å². The number of aliphatic carboxylic acids is 1. The zero-order chi connectivity index (χ0) is 14.7. The van der Waals surface area contributed by atoms with Gasteiger partial charge in [-0.15, -0.1) is 0 Å². The molecule has 2 heterocycles. The van der Waals surface area contributed by atoms with E-state index in [1.54, 1.807) is 0 Å².